The number of hydrogen-bond acceptors (Lipinski definition) is 4. The summed E-state index contributed by atoms with van der Waals surface area (Å²) in [6.45, 7) is 9.22. The smallest absolute Gasteiger partial charge is 0.0307 e. The maximum atomic E-state index is 6.55. The van der Waals surface area contributed by atoms with Gasteiger partial charge in [-0.1, -0.05) is 0 Å². The first kappa shape index (κ1) is 13.3. The van der Waals surface area contributed by atoms with Crippen LogP contribution in [0.5, 0.6) is 0 Å². The minimum atomic E-state index is 0.0577. The number of likely N-dealkylation sites (tertiary alicyclic amines) is 1. The Morgan fingerprint density at radius 3 is 2.35 bits per heavy atom. The van der Waals surface area contributed by atoms with Gasteiger partial charge in [0.2, 0.25) is 0 Å². The van der Waals surface area contributed by atoms with Crippen molar-refractivity contribution in [3.63, 3.8) is 0 Å². The Morgan fingerprint density at radius 1 is 1.12 bits per heavy atom. The standard InChI is InChI=1S/C13H28N4/c1-12-10-17(9-8-16(12)3)11-13(14)4-6-15(2)7-5-13/h12H,4-11,14H2,1-3H3. The summed E-state index contributed by atoms with van der Waals surface area (Å²) >= 11 is 0. The number of piperazine rings is 1. The van der Waals surface area contributed by atoms with Crippen LogP contribution in [0.2, 0.25) is 0 Å². The van der Waals surface area contributed by atoms with E-state index in [-0.39, 0.29) is 5.54 Å². The quantitative estimate of drug-likeness (QED) is 0.740. The van der Waals surface area contributed by atoms with E-state index < -0.39 is 0 Å². The molecule has 0 bridgehead atoms. The van der Waals surface area contributed by atoms with Gasteiger partial charge in [-0.3, -0.25) is 4.90 Å². The minimum absolute atomic E-state index is 0.0577. The van der Waals surface area contributed by atoms with Crippen LogP contribution in [-0.4, -0.2) is 79.6 Å². The summed E-state index contributed by atoms with van der Waals surface area (Å²) in [6.07, 6.45) is 2.29. The first-order valence-electron chi connectivity index (χ1n) is 6.88. The van der Waals surface area contributed by atoms with Crippen LogP contribution < -0.4 is 5.73 Å². The summed E-state index contributed by atoms with van der Waals surface area (Å²) in [5.41, 5.74) is 6.61. The van der Waals surface area contributed by atoms with Crippen LogP contribution in [0.4, 0.5) is 0 Å². The van der Waals surface area contributed by atoms with E-state index in [0.29, 0.717) is 6.04 Å². The lowest BCUT2D eigenvalue weighted by molar-refractivity contribution is 0.0687. The van der Waals surface area contributed by atoms with Gasteiger partial charge in [0.15, 0.2) is 0 Å². The molecule has 2 fully saturated rings. The fraction of sp³-hybridized carbons (Fsp3) is 1.00. The molecule has 0 aliphatic carbocycles. The molecule has 0 spiro atoms. The van der Waals surface area contributed by atoms with E-state index in [1.54, 1.807) is 0 Å². The van der Waals surface area contributed by atoms with E-state index in [1.807, 2.05) is 0 Å². The summed E-state index contributed by atoms with van der Waals surface area (Å²) < 4.78 is 0. The molecule has 2 heterocycles. The van der Waals surface area contributed by atoms with E-state index >= 15 is 0 Å². The third kappa shape index (κ3) is 3.41. The predicted molar refractivity (Wildman–Crippen MR) is 72.2 cm³/mol. The van der Waals surface area contributed by atoms with Crippen LogP contribution >= 0.6 is 0 Å². The zero-order chi connectivity index (χ0) is 12.5. The Kier molecular flexibility index (Phi) is 4.08. The topological polar surface area (TPSA) is 35.7 Å². The summed E-state index contributed by atoms with van der Waals surface area (Å²) in [7, 11) is 4.41. The van der Waals surface area contributed by atoms with Crippen molar-refractivity contribution in [3.8, 4) is 0 Å². The van der Waals surface area contributed by atoms with Gasteiger partial charge in [-0.2, -0.15) is 0 Å². The van der Waals surface area contributed by atoms with E-state index in [0.717, 1.165) is 32.5 Å². The van der Waals surface area contributed by atoms with Gasteiger partial charge in [0.1, 0.15) is 0 Å². The monoisotopic (exact) mass is 240 g/mol. The van der Waals surface area contributed by atoms with Gasteiger partial charge in [-0.25, -0.2) is 0 Å². The molecule has 2 N–H and O–H groups in total. The van der Waals surface area contributed by atoms with Crippen molar-refractivity contribution in [1.82, 2.24) is 14.7 Å². The molecule has 100 valence electrons. The fourth-order valence-corrected chi connectivity index (χ4v) is 2.93. The highest BCUT2D eigenvalue weighted by atomic mass is 15.3. The summed E-state index contributed by atoms with van der Waals surface area (Å²) in [5.74, 6) is 0. The maximum absolute atomic E-state index is 6.55. The number of hydrogen-bond donors (Lipinski definition) is 1. The number of piperidine rings is 1. The summed E-state index contributed by atoms with van der Waals surface area (Å²) in [4.78, 5) is 7.39. The average molecular weight is 240 g/mol. The molecular weight excluding hydrogens is 212 g/mol. The SMILES string of the molecule is CC1CN(CC2(N)CCN(C)CC2)CCN1C. The fourth-order valence-electron chi connectivity index (χ4n) is 2.93. The largest absolute Gasteiger partial charge is 0.324 e. The molecule has 0 aromatic rings. The molecule has 0 aromatic carbocycles. The van der Waals surface area contributed by atoms with E-state index in [4.69, 9.17) is 5.73 Å². The van der Waals surface area contributed by atoms with Gasteiger partial charge < -0.3 is 15.5 Å². The molecule has 0 amide bonds. The normalized spacial score (nSPS) is 32.8. The third-order valence-corrected chi connectivity index (χ3v) is 4.57. The Morgan fingerprint density at radius 2 is 1.76 bits per heavy atom. The van der Waals surface area contributed by atoms with Gasteiger partial charge in [0.25, 0.3) is 0 Å². The lowest BCUT2D eigenvalue weighted by Crippen LogP contribution is -2.60. The third-order valence-electron chi connectivity index (χ3n) is 4.57. The molecule has 2 aliphatic heterocycles. The molecule has 0 saturated carbocycles. The van der Waals surface area contributed by atoms with Crippen molar-refractivity contribution in [2.75, 3.05) is 53.4 Å². The number of likely N-dealkylation sites (N-methyl/N-ethyl adjacent to an activating group) is 1. The van der Waals surface area contributed by atoms with Crippen LogP contribution in [0.3, 0.4) is 0 Å². The predicted octanol–water partition coefficient (Wildman–Crippen LogP) is 0.0454. The van der Waals surface area contributed by atoms with Crippen molar-refractivity contribution in [2.45, 2.75) is 31.3 Å². The van der Waals surface area contributed by atoms with Gasteiger partial charge in [-0.05, 0) is 47.0 Å². The van der Waals surface area contributed by atoms with Gasteiger partial charge in [0, 0.05) is 37.8 Å². The molecule has 2 aliphatic rings. The van der Waals surface area contributed by atoms with Crippen molar-refractivity contribution >= 4 is 0 Å². The highest BCUT2D eigenvalue weighted by molar-refractivity contribution is 4.93. The van der Waals surface area contributed by atoms with Crippen molar-refractivity contribution < 1.29 is 0 Å². The van der Waals surface area contributed by atoms with Gasteiger partial charge in [0.05, 0.1) is 0 Å². The first-order chi connectivity index (χ1) is 7.98. The second-order valence-electron chi connectivity index (χ2n) is 6.23. The van der Waals surface area contributed by atoms with Crippen molar-refractivity contribution in [1.29, 1.82) is 0 Å². The Bertz CT molecular complexity index is 248. The molecule has 2 rings (SSSR count). The van der Waals surface area contributed by atoms with E-state index in [9.17, 15) is 0 Å². The highest BCUT2D eigenvalue weighted by Crippen LogP contribution is 2.21. The lowest BCUT2D eigenvalue weighted by Gasteiger charge is -2.44. The second kappa shape index (κ2) is 5.22. The zero-order valence-corrected chi connectivity index (χ0v) is 11.7. The summed E-state index contributed by atoms with van der Waals surface area (Å²) in [5, 5.41) is 0. The molecule has 4 nitrogen and oxygen atoms in total. The van der Waals surface area contributed by atoms with Crippen LogP contribution in [0, 0.1) is 0 Å². The Labute approximate surface area is 106 Å². The van der Waals surface area contributed by atoms with E-state index in [1.165, 1.54) is 19.6 Å². The highest BCUT2D eigenvalue weighted by Gasteiger charge is 2.33. The minimum Gasteiger partial charge on any atom is -0.324 e. The molecule has 17 heavy (non-hydrogen) atoms. The second-order valence-corrected chi connectivity index (χ2v) is 6.23. The summed E-state index contributed by atoms with van der Waals surface area (Å²) in [6, 6.07) is 0.665. The molecule has 0 aromatic heterocycles. The molecule has 0 radical (unpaired) electrons. The molecule has 4 heteroatoms. The first-order valence-corrected chi connectivity index (χ1v) is 6.88. The maximum Gasteiger partial charge on any atom is 0.0307 e. The Balaban J connectivity index is 1.84. The zero-order valence-electron chi connectivity index (χ0n) is 11.7. The van der Waals surface area contributed by atoms with Gasteiger partial charge >= 0.3 is 0 Å². The van der Waals surface area contributed by atoms with Crippen LogP contribution in [0.1, 0.15) is 19.8 Å². The van der Waals surface area contributed by atoms with Crippen molar-refractivity contribution in [3.05, 3.63) is 0 Å². The number of nitrogens with two attached hydrogens (primary N) is 1. The van der Waals surface area contributed by atoms with E-state index in [2.05, 4.69) is 35.7 Å². The van der Waals surface area contributed by atoms with Crippen molar-refractivity contribution in [2.24, 2.45) is 5.73 Å². The Hall–Kier alpha value is -0.160. The van der Waals surface area contributed by atoms with Crippen LogP contribution in [0.25, 0.3) is 0 Å². The van der Waals surface area contributed by atoms with Crippen LogP contribution in [0.15, 0.2) is 0 Å². The number of nitrogens with zero attached hydrogens (tertiary/aromatic N) is 3. The molecule has 2 saturated heterocycles. The molecular formula is C13H28N4. The van der Waals surface area contributed by atoms with Crippen LogP contribution in [-0.2, 0) is 0 Å². The molecule has 1 atom stereocenters. The number of rotatable bonds is 2. The lowest BCUT2D eigenvalue weighted by atomic mass is 9.88. The molecule has 1 unspecified atom stereocenters. The van der Waals surface area contributed by atoms with Gasteiger partial charge in [-0.15, -0.1) is 0 Å². The average Bonchev–Trinajstić information content (AvgIpc) is 2.28.